The Hall–Kier alpha value is -1.38. The second-order valence-electron chi connectivity index (χ2n) is 7.96. The number of carbonyl (C=O) groups is 3. The molecule has 1 rings (SSSR count). The first kappa shape index (κ1) is 23.7. The highest BCUT2D eigenvalue weighted by atomic mass is 32.2. The van der Waals surface area contributed by atoms with E-state index in [1.165, 1.54) is 11.8 Å². The summed E-state index contributed by atoms with van der Waals surface area (Å²) in [6.07, 6.45) is 1.11. The van der Waals surface area contributed by atoms with E-state index in [1.807, 2.05) is 27.7 Å². The molecule has 0 radical (unpaired) electrons. The number of thioether (sulfide) groups is 1. The molecule has 0 aromatic rings. The summed E-state index contributed by atoms with van der Waals surface area (Å²) in [6.45, 7) is 12.1. The van der Waals surface area contributed by atoms with E-state index >= 15 is 0 Å². The smallest absolute Gasteiger partial charge is 0.249 e. The highest BCUT2D eigenvalue weighted by Gasteiger charge is 2.45. The van der Waals surface area contributed by atoms with Gasteiger partial charge in [0.1, 0.15) is 6.10 Å². The van der Waals surface area contributed by atoms with Gasteiger partial charge in [-0.2, -0.15) is 0 Å². The predicted octanol–water partition coefficient (Wildman–Crippen LogP) is 2.01. The van der Waals surface area contributed by atoms with Gasteiger partial charge in [-0.1, -0.05) is 31.2 Å². The van der Waals surface area contributed by atoms with Gasteiger partial charge in [-0.15, -0.1) is 0 Å². The Morgan fingerprint density at radius 1 is 1.11 bits per heavy atom. The summed E-state index contributed by atoms with van der Waals surface area (Å²) in [5.41, 5.74) is 0.504. The molecule has 0 unspecified atom stereocenters. The van der Waals surface area contributed by atoms with Crippen LogP contribution in [-0.2, 0) is 23.9 Å². The Kier molecular flexibility index (Phi) is 8.98. The molecule has 2 amide bonds. The highest BCUT2D eigenvalue weighted by Crippen LogP contribution is 2.34. The van der Waals surface area contributed by atoms with Crippen molar-refractivity contribution in [2.75, 3.05) is 25.4 Å². The second kappa shape index (κ2) is 10.2. The largest absolute Gasteiger partial charge is 0.355 e. The van der Waals surface area contributed by atoms with Crippen LogP contribution >= 0.6 is 11.8 Å². The van der Waals surface area contributed by atoms with Crippen molar-refractivity contribution in [1.29, 1.82) is 0 Å². The van der Waals surface area contributed by atoms with Crippen molar-refractivity contribution in [3.8, 4) is 0 Å². The second-order valence-corrected chi connectivity index (χ2v) is 9.05. The van der Waals surface area contributed by atoms with Crippen LogP contribution in [-0.4, -0.2) is 54.3 Å². The summed E-state index contributed by atoms with van der Waals surface area (Å²) in [4.78, 5) is 35.8. The topological polar surface area (TPSA) is 93.7 Å². The van der Waals surface area contributed by atoms with E-state index in [0.29, 0.717) is 18.9 Å². The van der Waals surface area contributed by atoms with Gasteiger partial charge in [-0.3, -0.25) is 14.4 Å². The zero-order chi connectivity index (χ0) is 20.7. The lowest BCUT2D eigenvalue weighted by molar-refractivity contribution is -0.304. The van der Waals surface area contributed by atoms with E-state index < -0.39 is 17.3 Å². The zero-order valence-electron chi connectivity index (χ0n) is 17.1. The maximum Gasteiger partial charge on any atom is 0.249 e. The van der Waals surface area contributed by atoms with E-state index in [1.54, 1.807) is 19.9 Å². The first-order valence-electron chi connectivity index (χ1n) is 9.11. The van der Waals surface area contributed by atoms with Crippen molar-refractivity contribution >= 4 is 28.7 Å². The van der Waals surface area contributed by atoms with Crippen LogP contribution in [0.3, 0.4) is 0 Å². The molecule has 0 spiro atoms. The van der Waals surface area contributed by atoms with Crippen molar-refractivity contribution in [1.82, 2.24) is 10.6 Å². The molecule has 1 aliphatic heterocycles. The SMILES string of the molecule is CC(C)=CC(=O)SCCNC(=O)CCNC(=O)[C@H]1OC(C)(C)OCC1(C)C. The van der Waals surface area contributed by atoms with Crippen LogP contribution in [0, 0.1) is 5.41 Å². The molecule has 0 aliphatic carbocycles. The minimum absolute atomic E-state index is 0.0153. The first-order valence-corrected chi connectivity index (χ1v) is 10.1. The molecule has 0 bridgehead atoms. The van der Waals surface area contributed by atoms with Gasteiger partial charge in [0.25, 0.3) is 0 Å². The van der Waals surface area contributed by atoms with Gasteiger partial charge < -0.3 is 20.1 Å². The summed E-state index contributed by atoms with van der Waals surface area (Å²) in [5, 5.41) is 5.48. The Labute approximate surface area is 166 Å². The number of rotatable bonds is 8. The summed E-state index contributed by atoms with van der Waals surface area (Å²) < 4.78 is 11.4. The number of ether oxygens (including phenoxy) is 2. The predicted molar refractivity (Wildman–Crippen MR) is 106 cm³/mol. The number of carbonyl (C=O) groups excluding carboxylic acids is 3. The van der Waals surface area contributed by atoms with Crippen LogP contribution in [0.25, 0.3) is 0 Å². The number of amides is 2. The average Bonchev–Trinajstić information content (AvgIpc) is 2.53. The quantitative estimate of drug-likeness (QED) is 0.478. The van der Waals surface area contributed by atoms with Gasteiger partial charge >= 0.3 is 0 Å². The van der Waals surface area contributed by atoms with Crippen molar-refractivity contribution in [2.24, 2.45) is 5.41 Å². The molecule has 27 heavy (non-hydrogen) atoms. The normalized spacial score (nSPS) is 20.4. The van der Waals surface area contributed by atoms with Gasteiger partial charge in [0.2, 0.25) is 16.9 Å². The molecule has 0 saturated carbocycles. The van der Waals surface area contributed by atoms with Gasteiger partial charge in [-0.05, 0) is 33.8 Å². The van der Waals surface area contributed by atoms with Crippen LogP contribution in [0.15, 0.2) is 11.6 Å². The molecule has 154 valence electrons. The monoisotopic (exact) mass is 400 g/mol. The van der Waals surface area contributed by atoms with E-state index in [4.69, 9.17) is 9.47 Å². The molecule has 1 heterocycles. The highest BCUT2D eigenvalue weighted by molar-refractivity contribution is 8.14. The molecule has 0 aromatic heterocycles. The number of hydrogen-bond acceptors (Lipinski definition) is 6. The Morgan fingerprint density at radius 2 is 1.78 bits per heavy atom. The molecular formula is C19H32N2O5S. The van der Waals surface area contributed by atoms with E-state index in [-0.39, 0.29) is 29.9 Å². The first-order chi connectivity index (χ1) is 12.4. The Balaban J connectivity index is 2.27. The lowest BCUT2D eigenvalue weighted by atomic mass is 9.85. The Bertz CT molecular complexity index is 583. The summed E-state index contributed by atoms with van der Waals surface area (Å²) in [7, 11) is 0. The number of allylic oxidation sites excluding steroid dienone is 1. The van der Waals surface area contributed by atoms with Gasteiger partial charge in [0.15, 0.2) is 5.79 Å². The standard InChI is InChI=1S/C19H32N2O5S/c1-13(2)11-15(23)27-10-9-20-14(22)7-8-21-17(24)16-18(3,4)12-25-19(5,6)26-16/h11,16H,7-10,12H2,1-6H3,(H,20,22)(H,21,24)/t16-/m1/s1. The molecule has 1 aliphatic rings. The third-order valence-corrected chi connectivity index (χ3v) is 4.68. The van der Waals surface area contributed by atoms with E-state index in [9.17, 15) is 14.4 Å². The summed E-state index contributed by atoms with van der Waals surface area (Å²) >= 11 is 1.17. The van der Waals surface area contributed by atoms with Crippen molar-refractivity contribution in [2.45, 2.75) is 59.9 Å². The number of hydrogen-bond donors (Lipinski definition) is 2. The van der Waals surface area contributed by atoms with Gasteiger partial charge in [0.05, 0.1) is 6.61 Å². The lowest BCUT2D eigenvalue weighted by Crippen LogP contribution is -2.56. The van der Waals surface area contributed by atoms with Crippen LogP contribution in [0.1, 0.15) is 48.0 Å². The fourth-order valence-corrected chi connectivity index (χ4v) is 3.15. The third kappa shape index (κ3) is 8.90. The number of nitrogens with one attached hydrogen (secondary N) is 2. The third-order valence-electron chi connectivity index (χ3n) is 3.87. The Morgan fingerprint density at radius 3 is 2.41 bits per heavy atom. The van der Waals surface area contributed by atoms with Crippen molar-refractivity contribution in [3.05, 3.63) is 11.6 Å². The minimum atomic E-state index is -0.810. The lowest BCUT2D eigenvalue weighted by Gasteiger charge is -2.44. The molecule has 2 N–H and O–H groups in total. The van der Waals surface area contributed by atoms with Crippen LogP contribution < -0.4 is 10.6 Å². The average molecular weight is 401 g/mol. The molecule has 1 atom stereocenters. The summed E-state index contributed by atoms with van der Waals surface area (Å²) in [5.74, 6) is -0.708. The minimum Gasteiger partial charge on any atom is -0.355 e. The molecule has 7 nitrogen and oxygen atoms in total. The van der Waals surface area contributed by atoms with E-state index in [0.717, 1.165) is 5.57 Å². The molecule has 1 fully saturated rings. The molecule has 8 heteroatoms. The molecule has 0 aromatic carbocycles. The van der Waals surface area contributed by atoms with E-state index in [2.05, 4.69) is 10.6 Å². The van der Waals surface area contributed by atoms with Crippen LogP contribution in [0.5, 0.6) is 0 Å². The summed E-state index contributed by atoms with van der Waals surface area (Å²) in [6, 6.07) is 0. The molecule has 1 saturated heterocycles. The van der Waals surface area contributed by atoms with Gasteiger partial charge in [0, 0.05) is 30.7 Å². The fraction of sp³-hybridized carbons (Fsp3) is 0.737. The van der Waals surface area contributed by atoms with Crippen LogP contribution in [0.4, 0.5) is 0 Å². The fourth-order valence-electron chi connectivity index (χ4n) is 2.42. The van der Waals surface area contributed by atoms with Crippen molar-refractivity contribution in [3.63, 3.8) is 0 Å². The van der Waals surface area contributed by atoms with Crippen molar-refractivity contribution < 1.29 is 23.9 Å². The maximum atomic E-state index is 12.4. The maximum absolute atomic E-state index is 12.4. The molecular weight excluding hydrogens is 368 g/mol. The van der Waals surface area contributed by atoms with Gasteiger partial charge in [-0.25, -0.2) is 0 Å². The zero-order valence-corrected chi connectivity index (χ0v) is 18.0. The van der Waals surface area contributed by atoms with Crippen LogP contribution in [0.2, 0.25) is 0 Å².